The molecule has 0 bridgehead atoms. The second kappa shape index (κ2) is 14.0. The van der Waals surface area contributed by atoms with Crippen molar-refractivity contribution in [3.63, 3.8) is 0 Å². The first kappa shape index (κ1) is 40.6. The van der Waals surface area contributed by atoms with Crippen molar-refractivity contribution in [1.29, 1.82) is 0 Å². The predicted octanol–water partition coefficient (Wildman–Crippen LogP) is 9.69. The number of carbonyl (C=O) groups is 3. The maximum absolute atomic E-state index is 14.3. The van der Waals surface area contributed by atoms with Gasteiger partial charge >= 0.3 is 11.9 Å². The lowest BCUT2D eigenvalue weighted by atomic mass is 9.32. The molecule has 8 heteroatoms. The molecular weight excluding hydrogens is 689 g/mol. The smallest absolute Gasteiger partial charge is 0.309 e. The van der Waals surface area contributed by atoms with Crippen LogP contribution in [0, 0.1) is 69.0 Å². The summed E-state index contributed by atoms with van der Waals surface area (Å²) in [5, 5.41) is 9.64. The summed E-state index contributed by atoms with van der Waals surface area (Å²) >= 11 is 0. The molecule has 8 nitrogen and oxygen atoms in total. The van der Waals surface area contributed by atoms with Gasteiger partial charge in [-0.15, -0.1) is 0 Å². The van der Waals surface area contributed by atoms with E-state index in [1.807, 2.05) is 6.26 Å². The first-order chi connectivity index (χ1) is 25.7. The molecule has 0 unspecified atom stereocenters. The summed E-state index contributed by atoms with van der Waals surface area (Å²) in [7, 11) is 0. The van der Waals surface area contributed by atoms with Crippen LogP contribution in [0.25, 0.3) is 0 Å². The zero-order valence-electron chi connectivity index (χ0n) is 35.7. The summed E-state index contributed by atoms with van der Waals surface area (Å²) in [6, 6.07) is 2.12. The van der Waals surface area contributed by atoms with Gasteiger partial charge in [-0.05, 0) is 155 Å². The van der Waals surface area contributed by atoms with E-state index in [2.05, 4.69) is 70.9 Å². The van der Waals surface area contributed by atoms with Crippen LogP contribution in [0.15, 0.2) is 28.9 Å². The van der Waals surface area contributed by atoms with E-state index in [1.54, 1.807) is 13.8 Å². The number of hydrogen-bond donors (Lipinski definition) is 1. The number of rotatable bonds is 9. The van der Waals surface area contributed by atoms with Gasteiger partial charge in [0.15, 0.2) is 0 Å². The van der Waals surface area contributed by atoms with Crippen molar-refractivity contribution in [1.82, 2.24) is 9.80 Å². The lowest BCUT2D eigenvalue weighted by molar-refractivity contribution is -0.250. The zero-order chi connectivity index (χ0) is 39.9. The maximum atomic E-state index is 14.3. The van der Waals surface area contributed by atoms with E-state index in [4.69, 9.17) is 9.15 Å². The van der Waals surface area contributed by atoms with Gasteiger partial charge in [-0.25, -0.2) is 0 Å². The minimum absolute atomic E-state index is 0.0527. The Morgan fingerprint density at radius 1 is 0.909 bits per heavy atom. The van der Waals surface area contributed by atoms with E-state index < -0.39 is 17.4 Å². The Morgan fingerprint density at radius 3 is 2.25 bits per heavy atom. The van der Waals surface area contributed by atoms with E-state index in [0.717, 1.165) is 82.6 Å². The second-order valence-corrected chi connectivity index (χ2v) is 21.7. The fourth-order valence-corrected chi connectivity index (χ4v) is 14.8. The minimum Gasteiger partial charge on any atom is -0.481 e. The van der Waals surface area contributed by atoms with Gasteiger partial charge < -0.3 is 19.2 Å². The number of furan rings is 1. The highest BCUT2D eigenvalue weighted by Crippen LogP contribution is 2.78. The maximum Gasteiger partial charge on any atom is 0.309 e. The minimum atomic E-state index is -1.14. The zero-order valence-corrected chi connectivity index (χ0v) is 35.7. The number of hydrogen-bond acceptors (Lipinski definition) is 6. The first-order valence-electron chi connectivity index (χ1n) is 21.8. The summed E-state index contributed by atoms with van der Waals surface area (Å²) in [4.78, 5) is 43.8. The number of aryl methyl sites for hydroxylation is 1. The molecule has 0 radical (unpaired) electrons. The molecule has 5 aliphatic carbocycles. The molecular formula is C47H72N2O6. The molecule has 1 N–H and O–H groups in total. The Kier molecular flexibility index (Phi) is 10.4. The quantitative estimate of drug-likeness (QED) is 0.198. The van der Waals surface area contributed by atoms with Gasteiger partial charge in [0, 0.05) is 38.0 Å². The van der Waals surface area contributed by atoms with Crippen molar-refractivity contribution >= 4 is 17.8 Å². The summed E-state index contributed by atoms with van der Waals surface area (Å²) in [6.07, 6.45) is 13.4. The number of nitrogens with zero attached hydrogens (tertiary/aromatic N) is 2. The Morgan fingerprint density at radius 2 is 1.62 bits per heavy atom. The van der Waals surface area contributed by atoms with Crippen LogP contribution in [-0.2, 0) is 25.7 Å². The number of carbonyl (C=O) groups excluding carboxylic acids is 2. The number of allylic oxidation sites excluding steroid dienone is 1. The number of carboxylic acid groups (broad SMARTS) is 1. The SMILES string of the molecule is C=C(C)[C@@H]1CC[C@]2(CC(=O)N3CCN(Cc4cc(C)co4)CC3)CC[C@]3(C)[C@H](CC[C@@H]4[C@@]5(C)CC[C@H](OC(=O)CC(C)(C)C(=O)O)C(C)(C)[C@@H]5CC[C@]43C)[C@@H]12. The van der Waals surface area contributed by atoms with E-state index in [-0.39, 0.29) is 39.6 Å². The van der Waals surface area contributed by atoms with Crippen LogP contribution >= 0.6 is 0 Å². The van der Waals surface area contributed by atoms with E-state index in [1.165, 1.54) is 31.3 Å². The van der Waals surface area contributed by atoms with Gasteiger partial charge in [0.05, 0.1) is 24.6 Å². The van der Waals surface area contributed by atoms with Gasteiger partial charge in [0.25, 0.3) is 0 Å². The lowest BCUT2D eigenvalue weighted by Gasteiger charge is -2.73. The lowest BCUT2D eigenvalue weighted by Crippen LogP contribution is -2.67. The van der Waals surface area contributed by atoms with Crippen LogP contribution in [0.5, 0.6) is 0 Å². The topological polar surface area (TPSA) is 100 Å². The molecule has 0 spiro atoms. The average molecular weight is 761 g/mol. The molecule has 1 amide bonds. The molecule has 1 aromatic rings. The second-order valence-electron chi connectivity index (χ2n) is 21.7. The van der Waals surface area contributed by atoms with Gasteiger partial charge in [0.2, 0.25) is 5.91 Å². The summed E-state index contributed by atoms with van der Waals surface area (Å²) in [5.41, 5.74) is 1.69. The fraction of sp³-hybridized carbons (Fsp3) is 0.809. The van der Waals surface area contributed by atoms with Crippen LogP contribution in [0.2, 0.25) is 0 Å². The highest BCUT2D eigenvalue weighted by molar-refractivity contribution is 5.81. The number of fused-ring (bicyclic) bond motifs is 7. The summed E-state index contributed by atoms with van der Waals surface area (Å²) in [5.74, 6) is 2.58. The van der Waals surface area contributed by atoms with Gasteiger partial charge in [0.1, 0.15) is 11.9 Å². The number of aliphatic carboxylic acids is 1. The molecule has 55 heavy (non-hydrogen) atoms. The Labute approximate surface area is 331 Å². The average Bonchev–Trinajstić information content (AvgIpc) is 3.69. The fourth-order valence-electron chi connectivity index (χ4n) is 14.8. The van der Waals surface area contributed by atoms with Crippen molar-refractivity contribution in [3.05, 3.63) is 35.8 Å². The third-order valence-corrected chi connectivity index (χ3v) is 18.0. The van der Waals surface area contributed by atoms with Crippen molar-refractivity contribution in [2.75, 3.05) is 26.2 Å². The standard InChI is InChI=1S/C47H72N2O6/c1-30(2)33-13-18-47(26-38(50)49-23-21-48(22-24-49)28-32-25-31(3)29-54-32)20-19-45(9)34(40(33)47)11-12-36-44(8)16-15-37(55-39(51)27-42(4,5)41(52)53)43(6,7)35(44)14-17-46(36,45)10/h25,29,33-37,40H,1,11-24,26-28H2,2-10H3,(H,52,53)/t33-,34+,35-,36+,37-,40+,44-,45+,46+,47+/m0/s1. The molecule has 2 heterocycles. The Bertz CT molecular complexity index is 1670. The number of amides is 1. The number of piperazine rings is 1. The molecule has 1 aliphatic heterocycles. The first-order valence-corrected chi connectivity index (χ1v) is 21.8. The third-order valence-electron chi connectivity index (χ3n) is 18.0. The van der Waals surface area contributed by atoms with Crippen molar-refractivity contribution in [2.45, 2.75) is 152 Å². The monoisotopic (exact) mass is 761 g/mol. The van der Waals surface area contributed by atoms with Crippen LogP contribution < -0.4 is 0 Å². The molecule has 5 saturated carbocycles. The Balaban J connectivity index is 1.07. The molecule has 1 saturated heterocycles. The predicted molar refractivity (Wildman–Crippen MR) is 215 cm³/mol. The number of carboxylic acids is 1. The van der Waals surface area contributed by atoms with E-state index in [0.29, 0.717) is 41.9 Å². The van der Waals surface area contributed by atoms with Gasteiger partial charge in [-0.2, -0.15) is 0 Å². The van der Waals surface area contributed by atoms with Gasteiger partial charge in [-0.1, -0.05) is 46.8 Å². The van der Waals surface area contributed by atoms with Crippen molar-refractivity contribution in [3.8, 4) is 0 Å². The van der Waals surface area contributed by atoms with Gasteiger partial charge in [-0.3, -0.25) is 19.3 Å². The van der Waals surface area contributed by atoms with Crippen LogP contribution in [0.1, 0.15) is 144 Å². The highest BCUT2D eigenvalue weighted by Gasteiger charge is 2.71. The van der Waals surface area contributed by atoms with E-state index >= 15 is 0 Å². The van der Waals surface area contributed by atoms with Crippen molar-refractivity contribution < 1.29 is 28.6 Å². The highest BCUT2D eigenvalue weighted by atomic mass is 16.5. The largest absolute Gasteiger partial charge is 0.481 e. The molecule has 306 valence electrons. The molecule has 0 aromatic carbocycles. The molecule has 6 aliphatic rings. The number of ether oxygens (including phenoxy) is 1. The molecule has 1 aromatic heterocycles. The summed E-state index contributed by atoms with van der Waals surface area (Å²) < 4.78 is 11.9. The van der Waals surface area contributed by atoms with Crippen LogP contribution in [0.4, 0.5) is 0 Å². The van der Waals surface area contributed by atoms with Crippen molar-refractivity contribution in [2.24, 2.45) is 62.1 Å². The molecule has 10 atom stereocenters. The molecule has 7 rings (SSSR count). The summed E-state index contributed by atoms with van der Waals surface area (Å²) in [6.45, 7) is 28.8. The van der Waals surface area contributed by atoms with E-state index in [9.17, 15) is 19.5 Å². The molecule has 6 fully saturated rings. The normalized spacial score (nSPS) is 40.0. The third kappa shape index (κ3) is 6.64. The van der Waals surface area contributed by atoms with Crippen LogP contribution in [0.3, 0.4) is 0 Å². The Hall–Kier alpha value is -2.61. The van der Waals surface area contributed by atoms with Crippen LogP contribution in [-0.4, -0.2) is 65.0 Å². The number of esters is 1.